The van der Waals surface area contributed by atoms with Crippen LogP contribution in [-0.4, -0.2) is 82.9 Å². The molecule has 0 radical (unpaired) electrons. The number of carboxylic acids is 1. The van der Waals surface area contributed by atoms with E-state index in [1.165, 1.54) is 6.07 Å². The molecule has 4 N–H and O–H groups in total. The van der Waals surface area contributed by atoms with Gasteiger partial charge in [0.15, 0.2) is 22.2 Å². The predicted octanol–water partition coefficient (Wildman–Crippen LogP) is 11.8. The van der Waals surface area contributed by atoms with Gasteiger partial charge in [-0.15, -0.1) is 0 Å². The lowest BCUT2D eigenvalue weighted by Crippen LogP contribution is -2.14. The van der Waals surface area contributed by atoms with E-state index in [1.54, 1.807) is 81.1 Å². The molecule has 7 aromatic heterocycles. The fourth-order valence-corrected chi connectivity index (χ4v) is 8.59. The van der Waals surface area contributed by atoms with Crippen molar-refractivity contribution in [2.45, 2.75) is 0 Å². The number of carbonyl (C=O) groups is 1. The zero-order valence-electron chi connectivity index (χ0n) is 42.4. The molecule has 0 aliphatic carbocycles. The van der Waals surface area contributed by atoms with Crippen molar-refractivity contribution < 1.29 is 65.5 Å². The van der Waals surface area contributed by atoms with Crippen molar-refractivity contribution in [1.29, 1.82) is 0 Å². The Morgan fingerprint density at radius 1 is 0.474 bits per heavy atom. The van der Waals surface area contributed by atoms with Gasteiger partial charge in [-0.05, 0) is 84.9 Å². The second-order valence-corrected chi connectivity index (χ2v) is 16.8. The predicted molar refractivity (Wildman–Crippen MR) is 285 cm³/mol. The molecule has 8 heterocycles. The molecule has 1 aliphatic rings. The second kappa shape index (κ2) is 21.2. The molecule has 4 aromatic carbocycles. The van der Waals surface area contributed by atoms with Gasteiger partial charge in [0.2, 0.25) is 0 Å². The van der Waals surface area contributed by atoms with E-state index in [0.717, 1.165) is 90.0 Å². The Kier molecular flexibility index (Phi) is 13.8. The zero-order valence-corrected chi connectivity index (χ0v) is 42.4. The normalized spacial score (nSPS) is 12.0. The molecule has 0 saturated heterocycles. The molecule has 0 fully saturated rings. The Labute approximate surface area is 432 Å². The van der Waals surface area contributed by atoms with Gasteiger partial charge in [-0.25, -0.2) is 9.79 Å². The molecule has 76 heavy (non-hydrogen) atoms. The Bertz CT molecular complexity index is 3940. The molecule has 1 aliphatic heterocycles. The van der Waals surface area contributed by atoms with Gasteiger partial charge in [0.1, 0.15) is 80.1 Å². The molecule has 0 unspecified atom stereocenters. The lowest BCUT2D eigenvalue weighted by atomic mass is 10.1. The molecule has 0 saturated carbocycles. The van der Waals surface area contributed by atoms with E-state index >= 15 is 0 Å². The number of ether oxygens (including phenoxy) is 8. The molecule has 0 bridgehead atoms. The van der Waals surface area contributed by atoms with Crippen LogP contribution in [0, 0.1) is 0 Å². The van der Waals surface area contributed by atoms with Crippen LogP contribution in [0.4, 0.5) is 0 Å². The number of nitrogens with one attached hydrogen (secondary N) is 3. The fraction of sp³-hybridized carbons (Fsp3) is 0.138. The van der Waals surface area contributed by atoms with Crippen LogP contribution in [-0.2, 0) is 0 Å². The number of aromatic amines is 3. The van der Waals surface area contributed by atoms with Gasteiger partial charge < -0.3 is 75.6 Å². The first-order valence-electron chi connectivity index (χ1n) is 23.4. The summed E-state index contributed by atoms with van der Waals surface area (Å²) in [5, 5.41) is 9.69. The number of benzene rings is 4. The second-order valence-electron chi connectivity index (χ2n) is 16.8. The first-order chi connectivity index (χ1) is 37.0. The summed E-state index contributed by atoms with van der Waals surface area (Å²) < 4.78 is 66.4. The molecule has 386 valence electrons. The van der Waals surface area contributed by atoms with Crippen molar-refractivity contribution in [3.8, 4) is 91.3 Å². The first-order valence-corrected chi connectivity index (χ1v) is 23.4. The molecule has 0 atom stereocenters. The molecular weight excluding hydrogens is 977 g/mol. The van der Waals surface area contributed by atoms with Crippen LogP contribution >= 0.6 is 0 Å². The monoisotopic (exact) mass is 1030 g/mol. The summed E-state index contributed by atoms with van der Waals surface area (Å²) in [6.07, 6.45) is 5.70. The standard InChI is InChI=1S/C29H24N2O6.C15H13NO5.C14H13NO3/c1-32-18-5-7-24(34-3)20(12-18)26-14-22-28(36-26)10-16(30-22)9-17-11-29-23(31-17)15-27(37-29)21-13-19(33-2)6-8-25(21)35-4;1-19-8-3-4-12(20-2)9(5-8)13-6-10-14(21-13)7-11(16-10)15(17)18;1-16-9-3-4-12(17-2)10(7-9)14-8-11-13(18-14)5-6-15-11/h5-15,30H,1-4H3;3-7,16H,1-2H3,(H,17,18);3-8,15H,1-2H3/b17-9-;;. The summed E-state index contributed by atoms with van der Waals surface area (Å²) in [5.41, 5.74) is 10.1. The highest BCUT2D eigenvalue weighted by molar-refractivity contribution is 5.93. The minimum absolute atomic E-state index is 0.0907. The first kappa shape index (κ1) is 49.5. The summed E-state index contributed by atoms with van der Waals surface area (Å²) in [5.74, 6) is 7.36. The van der Waals surface area contributed by atoms with E-state index in [9.17, 15) is 4.79 Å². The number of fused-ring (bicyclic) bond motifs is 4. The van der Waals surface area contributed by atoms with Crippen molar-refractivity contribution in [3.63, 3.8) is 0 Å². The number of aromatic nitrogens is 3. The third-order valence-corrected chi connectivity index (χ3v) is 12.4. The van der Waals surface area contributed by atoms with Crippen molar-refractivity contribution in [2.24, 2.45) is 4.99 Å². The van der Waals surface area contributed by atoms with Crippen LogP contribution in [0.2, 0.25) is 0 Å². The summed E-state index contributed by atoms with van der Waals surface area (Å²) in [6, 6.07) is 35.0. The number of methoxy groups -OCH3 is 8. The highest BCUT2D eigenvalue weighted by Crippen LogP contribution is 2.40. The SMILES string of the molecule is COc1ccc(OC)c(-c2cc3[nH]c(C(=O)O)cc3o2)c1.COc1ccc(OC)c(-c2cc3[nH]ccc3o2)c1.COc1ccc(OC)c(-c2cc3c(o2)=C/C(=C/c2cc4oc(-c5cc(OC)ccc5OC)cc4[nH]2)N=3)c1. The maximum Gasteiger partial charge on any atom is 0.352 e. The quantitative estimate of drug-likeness (QED) is 0.0795. The van der Waals surface area contributed by atoms with Gasteiger partial charge >= 0.3 is 5.97 Å². The van der Waals surface area contributed by atoms with E-state index in [0.29, 0.717) is 56.8 Å². The number of H-pyrrole nitrogens is 3. The molecule has 11 aromatic rings. The van der Waals surface area contributed by atoms with Gasteiger partial charge in [0.25, 0.3) is 0 Å². The van der Waals surface area contributed by atoms with Crippen LogP contribution < -0.4 is 48.7 Å². The number of aromatic carboxylic acids is 1. The smallest absolute Gasteiger partial charge is 0.352 e. The Morgan fingerprint density at radius 3 is 1.32 bits per heavy atom. The maximum atomic E-state index is 10.9. The Morgan fingerprint density at radius 2 is 0.908 bits per heavy atom. The van der Waals surface area contributed by atoms with E-state index < -0.39 is 5.97 Å². The van der Waals surface area contributed by atoms with E-state index in [4.69, 9.17) is 65.7 Å². The van der Waals surface area contributed by atoms with Gasteiger partial charge in [-0.2, -0.15) is 0 Å². The average molecular weight is 1030 g/mol. The molecular formula is C58H50N4O14. The topological polar surface area (TPSA) is 223 Å². The van der Waals surface area contributed by atoms with Crippen LogP contribution in [0.3, 0.4) is 0 Å². The number of allylic oxidation sites excluding steroid dienone is 1. The highest BCUT2D eigenvalue weighted by Gasteiger charge is 2.19. The Hall–Kier alpha value is -10.1. The summed E-state index contributed by atoms with van der Waals surface area (Å²) in [6.45, 7) is 0. The summed E-state index contributed by atoms with van der Waals surface area (Å²) in [7, 11) is 12.9. The number of hydrogen-bond acceptors (Lipinski definition) is 14. The van der Waals surface area contributed by atoms with Crippen LogP contribution in [0.15, 0.2) is 150 Å². The van der Waals surface area contributed by atoms with Crippen molar-refractivity contribution >= 4 is 51.4 Å². The molecule has 0 amide bonds. The largest absolute Gasteiger partial charge is 0.497 e. The third kappa shape index (κ3) is 9.89. The highest BCUT2D eigenvalue weighted by atomic mass is 16.5. The van der Waals surface area contributed by atoms with Crippen molar-refractivity contribution in [3.05, 3.63) is 149 Å². The number of carboxylic acid groups (broad SMARTS) is 1. The summed E-state index contributed by atoms with van der Waals surface area (Å²) >= 11 is 0. The lowest BCUT2D eigenvalue weighted by Gasteiger charge is -2.08. The molecule has 0 spiro atoms. The van der Waals surface area contributed by atoms with E-state index in [1.807, 2.05) is 103 Å². The molecule has 12 rings (SSSR count). The lowest BCUT2D eigenvalue weighted by molar-refractivity contribution is 0.0691. The minimum atomic E-state index is -1.03. The third-order valence-electron chi connectivity index (χ3n) is 12.4. The molecule has 18 nitrogen and oxygen atoms in total. The van der Waals surface area contributed by atoms with Crippen LogP contribution in [0.5, 0.6) is 46.0 Å². The van der Waals surface area contributed by atoms with Gasteiger partial charge in [0, 0.05) is 54.4 Å². The van der Waals surface area contributed by atoms with E-state index in [2.05, 4.69) is 15.0 Å². The molecule has 18 heteroatoms. The number of hydrogen-bond donors (Lipinski definition) is 4. The zero-order chi connectivity index (χ0) is 53.0. The van der Waals surface area contributed by atoms with E-state index in [-0.39, 0.29) is 5.69 Å². The van der Waals surface area contributed by atoms with Crippen molar-refractivity contribution in [2.75, 3.05) is 56.9 Å². The number of rotatable bonds is 14. The fourth-order valence-electron chi connectivity index (χ4n) is 8.59. The van der Waals surface area contributed by atoms with Crippen LogP contribution in [0.1, 0.15) is 16.2 Å². The Balaban J connectivity index is 0.000000142. The van der Waals surface area contributed by atoms with Gasteiger partial charge in [0.05, 0.1) is 101 Å². The van der Waals surface area contributed by atoms with Crippen LogP contribution in [0.25, 0.3) is 90.7 Å². The number of nitrogens with zero attached hydrogens (tertiary/aromatic N) is 1. The minimum Gasteiger partial charge on any atom is -0.497 e. The average Bonchev–Trinajstić information content (AvgIpc) is 4.33. The van der Waals surface area contributed by atoms with Gasteiger partial charge in [-0.1, -0.05) is 0 Å². The van der Waals surface area contributed by atoms with Gasteiger partial charge in [-0.3, -0.25) is 0 Å². The number of furan rings is 4. The van der Waals surface area contributed by atoms with Crippen molar-refractivity contribution in [1.82, 2.24) is 15.0 Å². The maximum absolute atomic E-state index is 10.9. The summed E-state index contributed by atoms with van der Waals surface area (Å²) in [4.78, 5) is 24.9.